The van der Waals surface area contributed by atoms with E-state index in [9.17, 15) is 4.79 Å². The topological polar surface area (TPSA) is 54.5 Å². The first-order valence-corrected chi connectivity index (χ1v) is 8.92. The minimum atomic E-state index is -0.0662. The maximum absolute atomic E-state index is 12.5. The number of carbonyl (C=O) groups is 1. The van der Waals surface area contributed by atoms with E-state index in [0.717, 1.165) is 41.7 Å². The second kappa shape index (κ2) is 7.44. The van der Waals surface area contributed by atoms with Gasteiger partial charge in [0.25, 0.3) is 0 Å². The Labute approximate surface area is 152 Å². The first-order valence-electron chi connectivity index (χ1n) is 8.92. The number of hydrogen-bond donors (Lipinski definition) is 1. The van der Waals surface area contributed by atoms with Crippen LogP contribution in [0.1, 0.15) is 12.0 Å². The Morgan fingerprint density at radius 2 is 2.08 bits per heavy atom. The fraction of sp³-hybridized carbons (Fsp3) is 0.238. The second-order valence-corrected chi connectivity index (χ2v) is 6.32. The minimum Gasteiger partial charge on any atom is -0.492 e. The van der Waals surface area contributed by atoms with Crippen LogP contribution < -0.4 is 15.0 Å². The number of aryl methyl sites for hydroxylation is 1. The molecule has 2 heterocycles. The number of hydrogen-bond acceptors (Lipinski definition) is 3. The smallest absolute Gasteiger partial charge is 0.321 e. The van der Waals surface area contributed by atoms with Crippen molar-refractivity contribution < 1.29 is 9.53 Å². The van der Waals surface area contributed by atoms with Gasteiger partial charge in [-0.15, -0.1) is 0 Å². The Morgan fingerprint density at radius 1 is 1.15 bits per heavy atom. The Balaban J connectivity index is 1.31. The van der Waals surface area contributed by atoms with Crippen LogP contribution in [-0.4, -0.2) is 30.7 Å². The van der Waals surface area contributed by atoms with Crippen LogP contribution in [0.2, 0.25) is 0 Å². The zero-order valence-corrected chi connectivity index (χ0v) is 14.5. The summed E-state index contributed by atoms with van der Waals surface area (Å²) in [6, 6.07) is 17.7. The van der Waals surface area contributed by atoms with Crippen molar-refractivity contribution in [2.24, 2.45) is 0 Å². The molecule has 2 aromatic carbocycles. The molecule has 132 valence electrons. The predicted molar refractivity (Wildman–Crippen MR) is 103 cm³/mol. The molecule has 5 heteroatoms. The summed E-state index contributed by atoms with van der Waals surface area (Å²) in [4.78, 5) is 18.6. The fourth-order valence-electron chi connectivity index (χ4n) is 3.31. The average Bonchev–Trinajstić information content (AvgIpc) is 2.70. The first kappa shape index (κ1) is 16.4. The number of aromatic nitrogens is 1. The Bertz CT molecular complexity index is 926. The number of urea groups is 1. The van der Waals surface area contributed by atoms with Gasteiger partial charge in [-0.1, -0.05) is 24.3 Å². The van der Waals surface area contributed by atoms with E-state index in [1.807, 2.05) is 53.4 Å². The standard InChI is InChI=1S/C21H21N3O2/c25-21(24-13-4-7-16-5-1-2-8-20(16)24)23-12-14-26-18-9-10-19-17(15-18)6-3-11-22-19/h1-3,5-6,8-11,15H,4,7,12-14H2,(H,23,25). The first-order chi connectivity index (χ1) is 12.8. The van der Waals surface area contributed by atoms with E-state index in [0.29, 0.717) is 13.2 Å². The molecule has 26 heavy (non-hydrogen) atoms. The molecule has 0 bridgehead atoms. The van der Waals surface area contributed by atoms with Crippen LogP contribution in [0.15, 0.2) is 60.8 Å². The summed E-state index contributed by atoms with van der Waals surface area (Å²) in [5.41, 5.74) is 3.19. The number of para-hydroxylation sites is 1. The van der Waals surface area contributed by atoms with Crippen molar-refractivity contribution in [2.75, 3.05) is 24.6 Å². The van der Waals surface area contributed by atoms with Gasteiger partial charge in [0.05, 0.1) is 12.1 Å². The van der Waals surface area contributed by atoms with Gasteiger partial charge in [0.2, 0.25) is 0 Å². The average molecular weight is 347 g/mol. The molecule has 2 amide bonds. The summed E-state index contributed by atoms with van der Waals surface area (Å²) in [6.45, 7) is 1.64. The summed E-state index contributed by atoms with van der Waals surface area (Å²) in [6.07, 6.45) is 3.79. The largest absolute Gasteiger partial charge is 0.492 e. The molecule has 1 aromatic heterocycles. The number of benzene rings is 2. The summed E-state index contributed by atoms with van der Waals surface area (Å²) < 4.78 is 5.76. The monoisotopic (exact) mass is 347 g/mol. The maximum Gasteiger partial charge on any atom is 0.321 e. The molecule has 0 aliphatic carbocycles. The minimum absolute atomic E-state index is 0.0662. The fourth-order valence-corrected chi connectivity index (χ4v) is 3.31. The summed E-state index contributed by atoms with van der Waals surface area (Å²) >= 11 is 0. The molecule has 0 fully saturated rings. The third-order valence-corrected chi connectivity index (χ3v) is 4.58. The molecular weight excluding hydrogens is 326 g/mol. The van der Waals surface area contributed by atoms with E-state index in [1.54, 1.807) is 6.20 Å². The molecule has 0 atom stereocenters. The number of nitrogens with zero attached hydrogens (tertiary/aromatic N) is 2. The summed E-state index contributed by atoms with van der Waals surface area (Å²) in [5.74, 6) is 0.781. The van der Waals surface area contributed by atoms with Crippen molar-refractivity contribution in [3.63, 3.8) is 0 Å². The number of pyridine rings is 1. The van der Waals surface area contributed by atoms with E-state index < -0.39 is 0 Å². The number of fused-ring (bicyclic) bond motifs is 2. The number of rotatable bonds is 4. The Morgan fingerprint density at radius 3 is 3.04 bits per heavy atom. The Hall–Kier alpha value is -3.08. The SMILES string of the molecule is O=C(NCCOc1ccc2ncccc2c1)N1CCCc2ccccc21. The third kappa shape index (κ3) is 3.47. The van der Waals surface area contributed by atoms with Crippen molar-refractivity contribution >= 4 is 22.6 Å². The van der Waals surface area contributed by atoms with Crippen LogP contribution in [0.4, 0.5) is 10.5 Å². The molecule has 0 saturated heterocycles. The van der Waals surface area contributed by atoms with Crippen LogP contribution in [-0.2, 0) is 6.42 Å². The molecule has 1 aliphatic heterocycles. The van der Waals surface area contributed by atoms with Gasteiger partial charge in [0.15, 0.2) is 0 Å². The molecule has 0 radical (unpaired) electrons. The van der Waals surface area contributed by atoms with Gasteiger partial charge in [-0.3, -0.25) is 9.88 Å². The quantitative estimate of drug-likeness (QED) is 0.731. The number of anilines is 1. The van der Waals surface area contributed by atoms with Gasteiger partial charge < -0.3 is 10.1 Å². The third-order valence-electron chi connectivity index (χ3n) is 4.58. The van der Waals surface area contributed by atoms with Crippen molar-refractivity contribution in [3.05, 3.63) is 66.4 Å². The summed E-state index contributed by atoms with van der Waals surface area (Å²) in [7, 11) is 0. The van der Waals surface area contributed by atoms with Crippen LogP contribution in [0, 0.1) is 0 Å². The van der Waals surface area contributed by atoms with E-state index >= 15 is 0 Å². The lowest BCUT2D eigenvalue weighted by Gasteiger charge is -2.29. The highest BCUT2D eigenvalue weighted by Crippen LogP contribution is 2.26. The van der Waals surface area contributed by atoms with Gasteiger partial charge in [-0.05, 0) is 48.7 Å². The normalized spacial score (nSPS) is 13.3. The zero-order valence-electron chi connectivity index (χ0n) is 14.5. The van der Waals surface area contributed by atoms with Gasteiger partial charge >= 0.3 is 6.03 Å². The van der Waals surface area contributed by atoms with Gasteiger partial charge in [0, 0.05) is 23.8 Å². The van der Waals surface area contributed by atoms with Crippen molar-refractivity contribution in [2.45, 2.75) is 12.8 Å². The van der Waals surface area contributed by atoms with Crippen LogP contribution in [0.3, 0.4) is 0 Å². The molecular formula is C21H21N3O2. The van der Waals surface area contributed by atoms with E-state index in [1.165, 1.54) is 5.56 Å². The number of ether oxygens (including phenoxy) is 1. The number of amides is 2. The van der Waals surface area contributed by atoms with Crippen LogP contribution in [0.25, 0.3) is 10.9 Å². The number of carbonyl (C=O) groups excluding carboxylic acids is 1. The Kier molecular flexibility index (Phi) is 4.69. The zero-order chi connectivity index (χ0) is 17.8. The predicted octanol–water partition coefficient (Wildman–Crippen LogP) is 3.78. The molecule has 5 nitrogen and oxygen atoms in total. The molecule has 3 aromatic rings. The molecule has 0 saturated carbocycles. The van der Waals surface area contributed by atoms with E-state index in [2.05, 4.69) is 16.4 Å². The summed E-state index contributed by atoms with van der Waals surface area (Å²) in [5, 5.41) is 3.99. The van der Waals surface area contributed by atoms with Crippen molar-refractivity contribution in [1.82, 2.24) is 10.3 Å². The van der Waals surface area contributed by atoms with Gasteiger partial charge in [0.1, 0.15) is 12.4 Å². The number of nitrogens with one attached hydrogen (secondary N) is 1. The highest BCUT2D eigenvalue weighted by Gasteiger charge is 2.21. The lowest BCUT2D eigenvalue weighted by atomic mass is 10.0. The highest BCUT2D eigenvalue weighted by atomic mass is 16.5. The molecule has 1 aliphatic rings. The van der Waals surface area contributed by atoms with Crippen molar-refractivity contribution in [1.29, 1.82) is 0 Å². The highest BCUT2D eigenvalue weighted by molar-refractivity contribution is 5.93. The molecule has 1 N–H and O–H groups in total. The lowest BCUT2D eigenvalue weighted by Crippen LogP contribution is -2.44. The van der Waals surface area contributed by atoms with Crippen LogP contribution >= 0.6 is 0 Å². The second-order valence-electron chi connectivity index (χ2n) is 6.32. The maximum atomic E-state index is 12.5. The molecule has 0 spiro atoms. The van der Waals surface area contributed by atoms with Gasteiger partial charge in [-0.2, -0.15) is 0 Å². The van der Waals surface area contributed by atoms with Gasteiger partial charge in [-0.25, -0.2) is 4.79 Å². The van der Waals surface area contributed by atoms with E-state index in [-0.39, 0.29) is 6.03 Å². The molecule has 4 rings (SSSR count). The van der Waals surface area contributed by atoms with E-state index in [4.69, 9.17) is 4.74 Å². The lowest BCUT2D eigenvalue weighted by molar-refractivity contribution is 0.241. The molecule has 0 unspecified atom stereocenters. The van der Waals surface area contributed by atoms with Crippen LogP contribution in [0.5, 0.6) is 5.75 Å². The van der Waals surface area contributed by atoms with Crippen molar-refractivity contribution in [3.8, 4) is 5.75 Å².